The molecule has 3 heteroatoms. The Kier molecular flexibility index (Phi) is 3.01. The van der Waals surface area contributed by atoms with Gasteiger partial charge in [0, 0.05) is 18.0 Å². The van der Waals surface area contributed by atoms with Crippen molar-refractivity contribution in [3.63, 3.8) is 0 Å². The van der Waals surface area contributed by atoms with Crippen molar-refractivity contribution >= 4 is 5.91 Å². The molecule has 0 radical (unpaired) electrons. The molecule has 0 heterocycles. The highest BCUT2D eigenvalue weighted by molar-refractivity contribution is 5.78. The molecule has 2 unspecified atom stereocenters. The largest absolute Gasteiger partial charge is 0.353 e. The van der Waals surface area contributed by atoms with Crippen molar-refractivity contribution in [2.24, 2.45) is 11.7 Å². The number of hydrogen-bond donors (Lipinski definition) is 2. The van der Waals surface area contributed by atoms with Crippen molar-refractivity contribution < 1.29 is 4.79 Å². The van der Waals surface area contributed by atoms with Gasteiger partial charge >= 0.3 is 0 Å². The predicted molar refractivity (Wildman–Crippen MR) is 60.3 cm³/mol. The Labute approximate surface area is 91.8 Å². The lowest BCUT2D eigenvalue weighted by atomic mass is 9.94. The second kappa shape index (κ2) is 4.12. The Morgan fingerprint density at radius 3 is 2.67 bits per heavy atom. The number of amides is 1. The minimum Gasteiger partial charge on any atom is -0.353 e. The molecular formula is C12H22N2O. The zero-order valence-corrected chi connectivity index (χ0v) is 9.59. The van der Waals surface area contributed by atoms with Gasteiger partial charge in [0.2, 0.25) is 5.91 Å². The van der Waals surface area contributed by atoms with Crippen LogP contribution in [0.4, 0.5) is 0 Å². The lowest BCUT2D eigenvalue weighted by Gasteiger charge is -2.22. The van der Waals surface area contributed by atoms with Gasteiger partial charge in [-0.25, -0.2) is 0 Å². The van der Waals surface area contributed by atoms with E-state index in [4.69, 9.17) is 5.73 Å². The summed E-state index contributed by atoms with van der Waals surface area (Å²) in [6.45, 7) is 2.18. The van der Waals surface area contributed by atoms with Gasteiger partial charge in [0.25, 0.3) is 0 Å². The number of carbonyl (C=O) groups excluding carboxylic acids is 1. The van der Waals surface area contributed by atoms with E-state index in [-0.39, 0.29) is 11.4 Å². The number of hydrogen-bond acceptors (Lipinski definition) is 2. The summed E-state index contributed by atoms with van der Waals surface area (Å²) in [6.07, 6.45) is 7.28. The molecule has 3 nitrogen and oxygen atoms in total. The molecule has 2 fully saturated rings. The second-order valence-corrected chi connectivity index (χ2v) is 5.32. The number of carbonyl (C=O) groups is 1. The highest BCUT2D eigenvalue weighted by atomic mass is 16.1. The van der Waals surface area contributed by atoms with Gasteiger partial charge in [-0.05, 0) is 25.2 Å². The molecular weight excluding hydrogens is 188 g/mol. The Balaban J connectivity index is 1.73. The maximum Gasteiger partial charge on any atom is 0.222 e. The molecule has 2 atom stereocenters. The summed E-state index contributed by atoms with van der Waals surface area (Å²) < 4.78 is 0. The van der Waals surface area contributed by atoms with E-state index >= 15 is 0 Å². The summed E-state index contributed by atoms with van der Waals surface area (Å²) in [4.78, 5) is 11.7. The van der Waals surface area contributed by atoms with Crippen LogP contribution in [0.2, 0.25) is 0 Å². The summed E-state index contributed by atoms with van der Waals surface area (Å²) in [5.41, 5.74) is 5.97. The number of nitrogens with two attached hydrogens (primary N) is 1. The van der Waals surface area contributed by atoms with Crippen molar-refractivity contribution in [3.05, 3.63) is 0 Å². The molecule has 0 spiro atoms. The highest BCUT2D eigenvalue weighted by Crippen LogP contribution is 2.34. The van der Waals surface area contributed by atoms with Crippen molar-refractivity contribution in [1.29, 1.82) is 0 Å². The van der Waals surface area contributed by atoms with Gasteiger partial charge in [0.05, 0.1) is 0 Å². The molecule has 0 aromatic rings. The molecule has 0 aromatic carbocycles. The van der Waals surface area contributed by atoms with Crippen LogP contribution in [-0.4, -0.2) is 17.5 Å². The summed E-state index contributed by atoms with van der Waals surface area (Å²) in [6, 6.07) is 0.451. The van der Waals surface area contributed by atoms with E-state index in [1.807, 2.05) is 0 Å². The molecule has 1 amide bonds. The van der Waals surface area contributed by atoms with Crippen LogP contribution < -0.4 is 11.1 Å². The molecule has 2 saturated carbocycles. The predicted octanol–water partition coefficient (Wildman–Crippen LogP) is 1.56. The molecule has 86 valence electrons. The Hall–Kier alpha value is -0.570. The van der Waals surface area contributed by atoms with Gasteiger partial charge in [0.1, 0.15) is 0 Å². The van der Waals surface area contributed by atoms with Crippen LogP contribution in [0.5, 0.6) is 0 Å². The summed E-state index contributed by atoms with van der Waals surface area (Å²) >= 11 is 0. The molecule has 0 aromatic heterocycles. The molecule has 2 aliphatic carbocycles. The van der Waals surface area contributed by atoms with Crippen molar-refractivity contribution in [1.82, 2.24) is 5.32 Å². The van der Waals surface area contributed by atoms with Gasteiger partial charge < -0.3 is 11.1 Å². The van der Waals surface area contributed by atoms with E-state index < -0.39 is 0 Å². The van der Waals surface area contributed by atoms with Crippen LogP contribution in [-0.2, 0) is 4.79 Å². The average molecular weight is 210 g/mol. The van der Waals surface area contributed by atoms with Crippen LogP contribution in [0.15, 0.2) is 0 Å². The molecule has 2 aliphatic rings. The SMILES string of the molecule is CCC1CC1NC(=O)CC1(N)CCCC1. The maximum atomic E-state index is 11.7. The molecule has 15 heavy (non-hydrogen) atoms. The number of nitrogens with one attached hydrogen (secondary N) is 1. The van der Waals surface area contributed by atoms with E-state index in [1.54, 1.807) is 0 Å². The van der Waals surface area contributed by atoms with E-state index in [1.165, 1.54) is 25.7 Å². The fraction of sp³-hybridized carbons (Fsp3) is 0.917. The zero-order valence-electron chi connectivity index (χ0n) is 9.59. The molecule has 3 N–H and O–H groups in total. The van der Waals surface area contributed by atoms with Gasteiger partial charge in [-0.15, -0.1) is 0 Å². The van der Waals surface area contributed by atoms with Crippen LogP contribution >= 0.6 is 0 Å². The monoisotopic (exact) mass is 210 g/mol. The lowest BCUT2D eigenvalue weighted by Crippen LogP contribution is -2.42. The van der Waals surface area contributed by atoms with Gasteiger partial charge in [-0.2, -0.15) is 0 Å². The first-order valence-electron chi connectivity index (χ1n) is 6.21. The van der Waals surface area contributed by atoms with Crippen molar-refractivity contribution in [3.8, 4) is 0 Å². The Bertz CT molecular complexity index is 246. The molecule has 0 saturated heterocycles. The van der Waals surface area contributed by atoms with Crippen LogP contribution in [0.1, 0.15) is 51.9 Å². The first-order chi connectivity index (χ1) is 7.13. The third-order valence-corrected chi connectivity index (χ3v) is 3.91. The maximum absolute atomic E-state index is 11.7. The van der Waals surface area contributed by atoms with Gasteiger partial charge in [-0.1, -0.05) is 26.2 Å². The minimum absolute atomic E-state index is 0.167. The third-order valence-electron chi connectivity index (χ3n) is 3.91. The lowest BCUT2D eigenvalue weighted by molar-refractivity contribution is -0.122. The van der Waals surface area contributed by atoms with E-state index in [2.05, 4.69) is 12.2 Å². The third kappa shape index (κ3) is 2.71. The van der Waals surface area contributed by atoms with Crippen molar-refractivity contribution in [2.45, 2.75) is 63.5 Å². The molecule has 2 rings (SSSR count). The van der Waals surface area contributed by atoms with E-state index in [9.17, 15) is 4.79 Å². The highest BCUT2D eigenvalue weighted by Gasteiger charge is 2.38. The van der Waals surface area contributed by atoms with E-state index in [0.717, 1.165) is 18.8 Å². The fourth-order valence-electron chi connectivity index (χ4n) is 2.71. The second-order valence-electron chi connectivity index (χ2n) is 5.32. The van der Waals surface area contributed by atoms with Crippen LogP contribution in [0.25, 0.3) is 0 Å². The summed E-state index contributed by atoms with van der Waals surface area (Å²) in [7, 11) is 0. The Morgan fingerprint density at radius 2 is 2.13 bits per heavy atom. The average Bonchev–Trinajstić information content (AvgIpc) is 2.78. The molecule has 0 aliphatic heterocycles. The minimum atomic E-state index is -0.194. The van der Waals surface area contributed by atoms with Gasteiger partial charge in [0.15, 0.2) is 0 Å². The first-order valence-corrected chi connectivity index (χ1v) is 6.21. The topological polar surface area (TPSA) is 55.1 Å². The fourth-order valence-corrected chi connectivity index (χ4v) is 2.71. The molecule has 0 bridgehead atoms. The normalized spacial score (nSPS) is 32.7. The van der Waals surface area contributed by atoms with E-state index in [0.29, 0.717) is 12.5 Å². The van der Waals surface area contributed by atoms with Gasteiger partial charge in [-0.3, -0.25) is 4.79 Å². The van der Waals surface area contributed by atoms with Crippen molar-refractivity contribution in [2.75, 3.05) is 0 Å². The smallest absolute Gasteiger partial charge is 0.222 e. The Morgan fingerprint density at radius 1 is 1.47 bits per heavy atom. The van der Waals surface area contributed by atoms with Crippen LogP contribution in [0.3, 0.4) is 0 Å². The van der Waals surface area contributed by atoms with Crippen LogP contribution in [0, 0.1) is 5.92 Å². The zero-order chi connectivity index (χ0) is 10.9. The number of rotatable bonds is 4. The summed E-state index contributed by atoms with van der Waals surface area (Å²) in [5.74, 6) is 0.895. The first kappa shape index (κ1) is 10.9. The standard InChI is InChI=1S/C12H22N2O/c1-2-9-7-10(9)14-11(15)8-12(13)5-3-4-6-12/h9-10H,2-8,13H2,1H3,(H,14,15). The summed E-state index contributed by atoms with van der Waals surface area (Å²) in [5, 5.41) is 3.09. The quantitative estimate of drug-likeness (QED) is 0.740.